The molecule has 0 atom stereocenters. The van der Waals surface area contributed by atoms with E-state index in [4.69, 9.17) is 5.11 Å². The van der Waals surface area contributed by atoms with Crippen LogP contribution in [0.15, 0.2) is 21.4 Å². The Morgan fingerprint density at radius 3 is 2.33 bits per heavy atom. The fourth-order valence-electron chi connectivity index (χ4n) is 1.68. The Balaban J connectivity index is 2.94. The summed E-state index contributed by atoms with van der Waals surface area (Å²) in [6.45, 7) is -0.0421. The number of aliphatic hydroxyl groups excluding tert-OH is 1. The summed E-state index contributed by atoms with van der Waals surface area (Å²) in [6.07, 6.45) is 0. The highest BCUT2D eigenvalue weighted by Gasteiger charge is 2.10. The van der Waals surface area contributed by atoms with Crippen LogP contribution in [0.25, 0.3) is 11.0 Å². The van der Waals surface area contributed by atoms with Gasteiger partial charge < -0.3 is 5.11 Å². The largest absolute Gasteiger partial charge is 0.392 e. The van der Waals surface area contributed by atoms with Gasteiger partial charge in [-0.05, 0) is 17.7 Å². The van der Waals surface area contributed by atoms with Crippen molar-refractivity contribution in [1.29, 1.82) is 0 Å². The monoisotopic (exact) mass is 270 g/mol. The maximum Gasteiger partial charge on any atom is 0.328 e. The van der Waals surface area contributed by atoms with E-state index < -0.39 is 0 Å². The molecule has 0 saturated carbocycles. The quantitative estimate of drug-likeness (QED) is 0.845. The van der Waals surface area contributed by atoms with Crippen LogP contribution in [-0.2, 0) is 20.7 Å². The molecule has 0 aliphatic heterocycles. The van der Waals surface area contributed by atoms with Crippen LogP contribution in [0.4, 0.5) is 0 Å². The number of halogens is 1. The molecule has 4 nitrogen and oxygen atoms in total. The van der Waals surface area contributed by atoms with Crippen LogP contribution in [-0.4, -0.2) is 14.2 Å². The average Bonchev–Trinajstić information content (AvgIpc) is 2.43. The van der Waals surface area contributed by atoms with Crippen molar-refractivity contribution in [2.24, 2.45) is 14.1 Å². The first kappa shape index (κ1) is 10.4. The van der Waals surface area contributed by atoms with Crippen molar-refractivity contribution in [1.82, 2.24) is 9.13 Å². The molecule has 0 aliphatic rings. The number of aliphatic hydroxyl groups is 1. The lowest BCUT2D eigenvalue weighted by molar-refractivity contribution is 0.281. The van der Waals surface area contributed by atoms with Gasteiger partial charge >= 0.3 is 5.69 Å². The zero-order chi connectivity index (χ0) is 11.2. The molecule has 0 amide bonds. The van der Waals surface area contributed by atoms with Crippen LogP contribution in [0.5, 0.6) is 0 Å². The molecule has 1 heterocycles. The Morgan fingerprint density at radius 1 is 1.27 bits per heavy atom. The summed E-state index contributed by atoms with van der Waals surface area (Å²) in [5, 5.41) is 9.12. The van der Waals surface area contributed by atoms with E-state index in [1.165, 1.54) is 0 Å². The van der Waals surface area contributed by atoms with E-state index in [1.54, 1.807) is 23.2 Å². The molecular weight excluding hydrogens is 260 g/mol. The molecule has 1 aromatic carbocycles. The number of imidazole rings is 1. The summed E-state index contributed by atoms with van der Waals surface area (Å²) in [5.41, 5.74) is 2.40. The molecule has 2 aromatic rings. The van der Waals surface area contributed by atoms with Crippen molar-refractivity contribution in [2.75, 3.05) is 0 Å². The molecule has 0 spiro atoms. The summed E-state index contributed by atoms with van der Waals surface area (Å²) in [6, 6.07) is 3.67. The molecule has 2 rings (SSSR count). The van der Waals surface area contributed by atoms with E-state index in [9.17, 15) is 4.79 Å². The zero-order valence-corrected chi connectivity index (χ0v) is 10.1. The van der Waals surface area contributed by atoms with Gasteiger partial charge in [-0.3, -0.25) is 9.13 Å². The summed E-state index contributed by atoms with van der Waals surface area (Å²) in [4.78, 5) is 11.6. The van der Waals surface area contributed by atoms with Gasteiger partial charge in [0.1, 0.15) is 0 Å². The molecule has 0 radical (unpaired) electrons. The Labute approximate surface area is 94.9 Å². The zero-order valence-electron chi connectivity index (χ0n) is 8.49. The third kappa shape index (κ3) is 1.42. The lowest BCUT2D eigenvalue weighted by atomic mass is 10.2. The number of rotatable bonds is 1. The maximum atomic E-state index is 11.6. The minimum absolute atomic E-state index is 0.0421. The fourth-order valence-corrected chi connectivity index (χ4v) is 2.14. The van der Waals surface area contributed by atoms with Crippen LogP contribution in [0.2, 0.25) is 0 Å². The highest BCUT2D eigenvalue weighted by molar-refractivity contribution is 9.10. The number of hydrogen-bond donors (Lipinski definition) is 1. The van der Waals surface area contributed by atoms with E-state index in [1.807, 2.05) is 12.1 Å². The lowest BCUT2D eigenvalue weighted by Gasteiger charge is -2.02. The van der Waals surface area contributed by atoms with E-state index in [0.29, 0.717) is 0 Å². The molecule has 0 fully saturated rings. The molecule has 5 heteroatoms. The molecule has 0 aliphatic carbocycles. The third-order valence-electron chi connectivity index (χ3n) is 2.61. The molecule has 0 bridgehead atoms. The molecule has 1 N–H and O–H groups in total. The van der Waals surface area contributed by atoms with Crippen LogP contribution in [0, 0.1) is 0 Å². The second-order valence-corrected chi connectivity index (χ2v) is 4.35. The Kier molecular flexibility index (Phi) is 2.44. The fraction of sp³-hybridized carbons (Fsp3) is 0.300. The SMILES string of the molecule is Cn1c(=O)n(C)c2cc(CO)c(Br)cc21. The number of aromatic nitrogens is 2. The molecule has 1 aromatic heterocycles. The average molecular weight is 271 g/mol. The van der Waals surface area contributed by atoms with E-state index >= 15 is 0 Å². The van der Waals surface area contributed by atoms with Crippen molar-refractivity contribution >= 4 is 27.0 Å². The van der Waals surface area contributed by atoms with Crippen LogP contribution in [0.1, 0.15) is 5.56 Å². The second-order valence-electron chi connectivity index (χ2n) is 3.49. The third-order valence-corrected chi connectivity index (χ3v) is 3.35. The smallest absolute Gasteiger partial charge is 0.328 e. The summed E-state index contributed by atoms with van der Waals surface area (Å²) < 4.78 is 3.97. The van der Waals surface area contributed by atoms with Gasteiger partial charge in [0.25, 0.3) is 0 Å². The predicted molar refractivity (Wildman–Crippen MR) is 61.8 cm³/mol. The highest BCUT2D eigenvalue weighted by Crippen LogP contribution is 2.23. The first-order valence-electron chi connectivity index (χ1n) is 4.51. The minimum Gasteiger partial charge on any atom is -0.392 e. The number of benzene rings is 1. The summed E-state index contributed by atoms with van der Waals surface area (Å²) >= 11 is 3.36. The number of fused-ring (bicyclic) bond motifs is 1. The first-order valence-corrected chi connectivity index (χ1v) is 5.30. The van der Waals surface area contributed by atoms with Gasteiger partial charge in [-0.1, -0.05) is 15.9 Å². The maximum absolute atomic E-state index is 11.6. The number of hydrogen-bond acceptors (Lipinski definition) is 2. The van der Waals surface area contributed by atoms with Gasteiger partial charge in [-0.25, -0.2) is 4.79 Å². The van der Waals surface area contributed by atoms with Gasteiger partial charge in [0.15, 0.2) is 0 Å². The lowest BCUT2D eigenvalue weighted by Crippen LogP contribution is -2.19. The standard InChI is InChI=1S/C10H11BrN2O2/c1-12-8-3-6(5-14)7(11)4-9(8)13(2)10(12)15/h3-4,14H,5H2,1-2H3. The van der Waals surface area contributed by atoms with Gasteiger partial charge in [-0.2, -0.15) is 0 Å². The van der Waals surface area contributed by atoms with Gasteiger partial charge in [0.05, 0.1) is 17.6 Å². The van der Waals surface area contributed by atoms with E-state index in [2.05, 4.69) is 15.9 Å². The molecular formula is C10H11BrN2O2. The minimum atomic E-state index is -0.0630. The molecule has 15 heavy (non-hydrogen) atoms. The van der Waals surface area contributed by atoms with Crippen molar-refractivity contribution in [3.63, 3.8) is 0 Å². The van der Waals surface area contributed by atoms with E-state index in [0.717, 1.165) is 21.1 Å². The Bertz CT molecular complexity index is 583. The highest BCUT2D eigenvalue weighted by atomic mass is 79.9. The van der Waals surface area contributed by atoms with E-state index in [-0.39, 0.29) is 12.3 Å². The predicted octanol–water partition coefficient (Wildman–Crippen LogP) is 1.13. The van der Waals surface area contributed by atoms with Gasteiger partial charge in [0, 0.05) is 18.6 Å². The van der Waals surface area contributed by atoms with Gasteiger partial charge in [0.2, 0.25) is 0 Å². The molecule has 80 valence electrons. The number of nitrogens with zero attached hydrogens (tertiary/aromatic N) is 2. The number of aryl methyl sites for hydroxylation is 2. The van der Waals surface area contributed by atoms with Gasteiger partial charge in [-0.15, -0.1) is 0 Å². The summed E-state index contributed by atoms with van der Waals surface area (Å²) in [7, 11) is 3.45. The summed E-state index contributed by atoms with van der Waals surface area (Å²) in [5.74, 6) is 0. The Hall–Kier alpha value is -1.07. The normalized spacial score (nSPS) is 11.2. The topological polar surface area (TPSA) is 47.2 Å². The van der Waals surface area contributed by atoms with Crippen LogP contribution in [0.3, 0.4) is 0 Å². The second kappa shape index (κ2) is 3.50. The van der Waals surface area contributed by atoms with Crippen molar-refractivity contribution in [3.05, 3.63) is 32.7 Å². The van der Waals surface area contributed by atoms with Crippen molar-refractivity contribution < 1.29 is 5.11 Å². The van der Waals surface area contributed by atoms with Crippen LogP contribution >= 0.6 is 15.9 Å². The molecule has 0 unspecified atom stereocenters. The van der Waals surface area contributed by atoms with Crippen molar-refractivity contribution in [2.45, 2.75) is 6.61 Å². The molecule has 0 saturated heterocycles. The van der Waals surface area contributed by atoms with Crippen molar-refractivity contribution in [3.8, 4) is 0 Å². The Morgan fingerprint density at radius 2 is 1.80 bits per heavy atom. The first-order chi connectivity index (χ1) is 7.06. The van der Waals surface area contributed by atoms with Crippen LogP contribution < -0.4 is 5.69 Å².